The van der Waals surface area contributed by atoms with Gasteiger partial charge in [0.2, 0.25) is 0 Å². The molecule has 0 aliphatic rings. The summed E-state index contributed by atoms with van der Waals surface area (Å²) in [6.07, 6.45) is 1.34. The lowest BCUT2D eigenvalue weighted by atomic mass is 10.1. The van der Waals surface area contributed by atoms with Gasteiger partial charge in [0.25, 0.3) is 0 Å². The number of nitrogens with two attached hydrogens (primary N) is 1. The van der Waals surface area contributed by atoms with E-state index in [4.69, 9.17) is 5.73 Å². The van der Waals surface area contributed by atoms with Gasteiger partial charge in [0.15, 0.2) is 5.78 Å². The summed E-state index contributed by atoms with van der Waals surface area (Å²) < 4.78 is 0. The van der Waals surface area contributed by atoms with Crippen LogP contribution < -0.4 is 5.73 Å². The van der Waals surface area contributed by atoms with Gasteiger partial charge in [0.1, 0.15) is 5.82 Å². The quantitative estimate of drug-likeness (QED) is 0.799. The molecule has 0 fully saturated rings. The van der Waals surface area contributed by atoms with Crippen molar-refractivity contribution < 1.29 is 4.79 Å². The maximum atomic E-state index is 11.8. The van der Waals surface area contributed by atoms with E-state index in [9.17, 15) is 4.79 Å². The molecule has 1 heterocycles. The lowest BCUT2D eigenvalue weighted by Gasteiger charge is -2.05. The maximum absolute atomic E-state index is 11.8. The molecule has 0 saturated carbocycles. The number of Topliss-reactive ketones (excluding diaryl/α,β-unsaturated/α-hetero) is 1. The Bertz CT molecular complexity index is 534. The van der Waals surface area contributed by atoms with Crippen molar-refractivity contribution in [3.8, 4) is 0 Å². The van der Waals surface area contributed by atoms with Crippen LogP contribution in [-0.4, -0.2) is 10.8 Å². The molecule has 2 N–H and O–H groups in total. The normalized spacial score (nSPS) is 10.6. The molecule has 82 valence electrons. The van der Waals surface area contributed by atoms with Crippen LogP contribution in [-0.2, 0) is 0 Å². The summed E-state index contributed by atoms with van der Waals surface area (Å²) in [5.74, 6) is 0.399. The minimum atomic E-state index is 0.0678. The molecule has 2 rings (SSSR count). The Morgan fingerprint density at radius 1 is 1.38 bits per heavy atom. The first-order chi connectivity index (χ1) is 7.72. The molecular weight excluding hydrogens is 200 g/mol. The van der Waals surface area contributed by atoms with E-state index in [0.29, 0.717) is 17.8 Å². The van der Waals surface area contributed by atoms with E-state index >= 15 is 0 Å². The van der Waals surface area contributed by atoms with Crippen LogP contribution in [0.5, 0.6) is 0 Å². The average Bonchev–Trinajstić information content (AvgIpc) is 2.28. The Morgan fingerprint density at radius 2 is 2.12 bits per heavy atom. The van der Waals surface area contributed by atoms with Crippen molar-refractivity contribution >= 4 is 22.5 Å². The predicted octanol–water partition coefficient (Wildman–Crippen LogP) is 2.80. The van der Waals surface area contributed by atoms with Gasteiger partial charge in [-0.25, -0.2) is 4.98 Å². The SMILES string of the molecule is CCCC(=O)c1cc2ccccc2nc1N. The molecule has 1 aromatic heterocycles. The number of hydrogen-bond donors (Lipinski definition) is 1. The first-order valence-electron chi connectivity index (χ1n) is 5.41. The van der Waals surface area contributed by atoms with E-state index in [0.717, 1.165) is 17.3 Å². The molecule has 0 aliphatic carbocycles. The van der Waals surface area contributed by atoms with Crippen LogP contribution in [0.3, 0.4) is 0 Å². The number of rotatable bonds is 3. The molecule has 1 aromatic carbocycles. The van der Waals surface area contributed by atoms with Gasteiger partial charge in [-0.05, 0) is 18.6 Å². The number of nitrogen functional groups attached to an aromatic ring is 1. The summed E-state index contributed by atoms with van der Waals surface area (Å²) >= 11 is 0. The van der Waals surface area contributed by atoms with E-state index in [2.05, 4.69) is 4.98 Å². The summed E-state index contributed by atoms with van der Waals surface area (Å²) in [7, 11) is 0. The molecule has 0 radical (unpaired) electrons. The van der Waals surface area contributed by atoms with Crippen molar-refractivity contribution in [3.63, 3.8) is 0 Å². The van der Waals surface area contributed by atoms with Crippen molar-refractivity contribution in [3.05, 3.63) is 35.9 Å². The third kappa shape index (κ3) is 1.89. The maximum Gasteiger partial charge on any atom is 0.166 e. The third-order valence-electron chi connectivity index (χ3n) is 2.53. The first kappa shape index (κ1) is 10.6. The lowest BCUT2D eigenvalue weighted by Crippen LogP contribution is -2.05. The Hall–Kier alpha value is -1.90. The number of aromatic nitrogens is 1. The number of ketones is 1. The highest BCUT2D eigenvalue weighted by Gasteiger charge is 2.10. The van der Waals surface area contributed by atoms with Crippen LogP contribution in [0, 0.1) is 0 Å². The first-order valence-corrected chi connectivity index (χ1v) is 5.41. The highest BCUT2D eigenvalue weighted by molar-refractivity contribution is 6.03. The lowest BCUT2D eigenvalue weighted by molar-refractivity contribution is 0.0982. The molecular formula is C13H14N2O. The molecule has 0 bridgehead atoms. The molecule has 0 atom stereocenters. The molecule has 0 spiro atoms. The van der Waals surface area contributed by atoms with Gasteiger partial charge in [-0.15, -0.1) is 0 Å². The topological polar surface area (TPSA) is 56.0 Å². The minimum Gasteiger partial charge on any atom is -0.383 e. The monoisotopic (exact) mass is 214 g/mol. The smallest absolute Gasteiger partial charge is 0.166 e. The summed E-state index contributed by atoms with van der Waals surface area (Å²) in [5, 5.41) is 0.955. The number of pyridine rings is 1. The molecule has 16 heavy (non-hydrogen) atoms. The van der Waals surface area contributed by atoms with E-state index < -0.39 is 0 Å². The van der Waals surface area contributed by atoms with Crippen LogP contribution in [0.4, 0.5) is 5.82 Å². The van der Waals surface area contributed by atoms with Gasteiger partial charge in [-0.3, -0.25) is 4.79 Å². The van der Waals surface area contributed by atoms with Crippen LogP contribution in [0.1, 0.15) is 30.1 Å². The van der Waals surface area contributed by atoms with Crippen molar-refractivity contribution in [1.29, 1.82) is 0 Å². The highest BCUT2D eigenvalue weighted by atomic mass is 16.1. The summed E-state index contributed by atoms with van der Waals surface area (Å²) in [4.78, 5) is 16.0. The third-order valence-corrected chi connectivity index (χ3v) is 2.53. The molecule has 0 aliphatic heterocycles. The standard InChI is InChI=1S/C13H14N2O/c1-2-5-12(16)10-8-9-6-3-4-7-11(9)15-13(10)14/h3-4,6-8H,2,5H2,1H3,(H2,14,15). The Balaban J connectivity index is 2.54. The second kappa shape index (κ2) is 4.31. The summed E-state index contributed by atoms with van der Waals surface area (Å²) in [5.41, 5.74) is 7.15. The number of hydrogen-bond acceptors (Lipinski definition) is 3. The number of para-hydroxylation sites is 1. The number of carbonyl (C=O) groups is 1. The van der Waals surface area contributed by atoms with Gasteiger partial charge in [0, 0.05) is 11.8 Å². The number of anilines is 1. The zero-order chi connectivity index (χ0) is 11.5. The number of benzene rings is 1. The van der Waals surface area contributed by atoms with Crippen LogP contribution in [0.2, 0.25) is 0 Å². The van der Waals surface area contributed by atoms with Crippen molar-refractivity contribution in [1.82, 2.24) is 4.98 Å². The summed E-state index contributed by atoms with van der Waals surface area (Å²) in [6.45, 7) is 1.97. The van der Waals surface area contributed by atoms with Crippen LogP contribution in [0.15, 0.2) is 30.3 Å². The van der Waals surface area contributed by atoms with Crippen LogP contribution in [0.25, 0.3) is 10.9 Å². The minimum absolute atomic E-state index is 0.0678. The van der Waals surface area contributed by atoms with E-state index in [1.807, 2.05) is 37.3 Å². The molecule has 0 unspecified atom stereocenters. The number of carbonyl (C=O) groups excluding carboxylic acids is 1. The second-order valence-electron chi connectivity index (χ2n) is 3.79. The van der Waals surface area contributed by atoms with Gasteiger partial charge in [-0.2, -0.15) is 0 Å². The fourth-order valence-corrected chi connectivity index (χ4v) is 1.72. The van der Waals surface area contributed by atoms with E-state index in [1.165, 1.54) is 0 Å². The largest absolute Gasteiger partial charge is 0.383 e. The number of fused-ring (bicyclic) bond motifs is 1. The van der Waals surface area contributed by atoms with E-state index in [-0.39, 0.29) is 5.78 Å². The van der Waals surface area contributed by atoms with Gasteiger partial charge in [0.05, 0.1) is 11.1 Å². The molecule has 3 nitrogen and oxygen atoms in total. The van der Waals surface area contributed by atoms with E-state index in [1.54, 1.807) is 0 Å². The second-order valence-corrected chi connectivity index (χ2v) is 3.79. The average molecular weight is 214 g/mol. The number of nitrogens with zero attached hydrogens (tertiary/aromatic N) is 1. The highest BCUT2D eigenvalue weighted by Crippen LogP contribution is 2.19. The Kier molecular flexibility index (Phi) is 2.86. The summed E-state index contributed by atoms with van der Waals surface area (Å²) in [6, 6.07) is 9.48. The van der Waals surface area contributed by atoms with Crippen molar-refractivity contribution in [2.45, 2.75) is 19.8 Å². The predicted molar refractivity (Wildman–Crippen MR) is 65.4 cm³/mol. The van der Waals surface area contributed by atoms with Crippen LogP contribution >= 0.6 is 0 Å². The van der Waals surface area contributed by atoms with Crippen molar-refractivity contribution in [2.24, 2.45) is 0 Å². The zero-order valence-corrected chi connectivity index (χ0v) is 9.23. The van der Waals surface area contributed by atoms with Gasteiger partial charge >= 0.3 is 0 Å². The molecule has 0 amide bonds. The fourth-order valence-electron chi connectivity index (χ4n) is 1.72. The zero-order valence-electron chi connectivity index (χ0n) is 9.23. The fraction of sp³-hybridized carbons (Fsp3) is 0.231. The Labute approximate surface area is 94.3 Å². The Morgan fingerprint density at radius 3 is 2.88 bits per heavy atom. The molecule has 3 heteroatoms. The van der Waals surface area contributed by atoms with Gasteiger partial charge < -0.3 is 5.73 Å². The van der Waals surface area contributed by atoms with Crippen molar-refractivity contribution in [2.75, 3.05) is 5.73 Å². The van der Waals surface area contributed by atoms with Gasteiger partial charge in [-0.1, -0.05) is 25.1 Å². The molecule has 0 saturated heterocycles. The molecule has 2 aromatic rings.